The highest BCUT2D eigenvalue weighted by Crippen LogP contribution is 2.30. The summed E-state index contributed by atoms with van der Waals surface area (Å²) in [6.07, 6.45) is 0. The number of aromatic nitrogens is 3. The average Bonchev–Trinajstić information content (AvgIpc) is 2.97. The van der Waals surface area contributed by atoms with E-state index in [-0.39, 0.29) is 18.0 Å². The Morgan fingerprint density at radius 2 is 0.590 bits per heavy atom. The highest BCUT2D eigenvalue weighted by molar-refractivity contribution is 5.85. The number of ether oxygens (including phenoxy) is 3. The quantitative estimate of drug-likeness (QED) is 0.224. The van der Waals surface area contributed by atoms with Crippen molar-refractivity contribution in [2.45, 2.75) is 0 Å². The molecule has 0 aliphatic rings. The van der Waals surface area contributed by atoms with Crippen molar-refractivity contribution >= 4 is 32.3 Å². The molecule has 0 amide bonds. The first-order valence-corrected chi connectivity index (χ1v) is 12.5. The van der Waals surface area contributed by atoms with Crippen LogP contribution in [-0.4, -0.2) is 15.0 Å². The van der Waals surface area contributed by atoms with Gasteiger partial charge in [0.1, 0.15) is 17.2 Å². The number of hydrogen-bond donors (Lipinski definition) is 0. The van der Waals surface area contributed by atoms with Crippen molar-refractivity contribution in [3.8, 4) is 35.3 Å². The lowest BCUT2D eigenvalue weighted by Crippen LogP contribution is -2.01. The number of benzene rings is 6. The monoisotopic (exact) mass is 507 g/mol. The molecule has 39 heavy (non-hydrogen) atoms. The van der Waals surface area contributed by atoms with E-state index in [2.05, 4.69) is 15.0 Å². The van der Waals surface area contributed by atoms with Gasteiger partial charge in [0.05, 0.1) is 0 Å². The fourth-order valence-corrected chi connectivity index (χ4v) is 4.47. The van der Waals surface area contributed by atoms with E-state index in [1.807, 2.05) is 127 Å². The van der Waals surface area contributed by atoms with Crippen molar-refractivity contribution in [2.24, 2.45) is 0 Å². The van der Waals surface area contributed by atoms with Gasteiger partial charge >= 0.3 is 18.0 Å². The standard InChI is InChI=1S/C33H21N3O3/c1-4-10-25-19-28(16-13-22(25)7-1)37-31-34-32(38-29-17-14-23-8-2-5-11-26(23)20-29)36-33(35-31)39-30-18-15-24-9-3-6-12-27(24)21-30/h1-21H. The molecule has 0 bridgehead atoms. The van der Waals surface area contributed by atoms with Gasteiger partial charge in [-0.25, -0.2) is 0 Å². The van der Waals surface area contributed by atoms with Crippen LogP contribution in [0.25, 0.3) is 32.3 Å². The molecule has 6 aromatic carbocycles. The lowest BCUT2D eigenvalue weighted by atomic mass is 10.1. The second kappa shape index (κ2) is 9.76. The van der Waals surface area contributed by atoms with E-state index < -0.39 is 0 Å². The first kappa shape index (κ1) is 22.7. The molecule has 186 valence electrons. The van der Waals surface area contributed by atoms with Gasteiger partial charge < -0.3 is 14.2 Å². The summed E-state index contributed by atoms with van der Waals surface area (Å²) >= 11 is 0. The van der Waals surface area contributed by atoms with Crippen molar-refractivity contribution in [3.63, 3.8) is 0 Å². The van der Waals surface area contributed by atoms with Gasteiger partial charge in [-0.05, 0) is 68.7 Å². The Balaban J connectivity index is 1.24. The molecule has 6 heteroatoms. The summed E-state index contributed by atoms with van der Waals surface area (Å²) in [4.78, 5) is 13.3. The molecule has 0 N–H and O–H groups in total. The van der Waals surface area contributed by atoms with Crippen molar-refractivity contribution in [1.29, 1.82) is 0 Å². The zero-order valence-electron chi connectivity index (χ0n) is 20.7. The number of fused-ring (bicyclic) bond motifs is 3. The zero-order valence-corrected chi connectivity index (χ0v) is 20.7. The van der Waals surface area contributed by atoms with Crippen LogP contribution in [0.1, 0.15) is 0 Å². The fourth-order valence-electron chi connectivity index (χ4n) is 4.47. The summed E-state index contributed by atoms with van der Waals surface area (Å²) in [5.41, 5.74) is 0. The number of nitrogens with zero attached hydrogens (tertiary/aromatic N) is 3. The van der Waals surface area contributed by atoms with Crippen molar-refractivity contribution in [1.82, 2.24) is 15.0 Å². The molecule has 1 aromatic heterocycles. The van der Waals surface area contributed by atoms with E-state index in [1.165, 1.54) is 0 Å². The van der Waals surface area contributed by atoms with E-state index in [0.717, 1.165) is 32.3 Å². The second-order valence-electron chi connectivity index (χ2n) is 9.02. The first-order chi connectivity index (χ1) is 19.2. The maximum absolute atomic E-state index is 6.06. The minimum Gasteiger partial charge on any atom is -0.424 e. The molecule has 0 saturated heterocycles. The molecule has 0 aliphatic carbocycles. The molecule has 0 radical (unpaired) electrons. The van der Waals surface area contributed by atoms with Gasteiger partial charge in [0, 0.05) is 0 Å². The topological polar surface area (TPSA) is 66.4 Å². The van der Waals surface area contributed by atoms with Crippen LogP contribution in [0.5, 0.6) is 35.3 Å². The van der Waals surface area contributed by atoms with Gasteiger partial charge in [0.25, 0.3) is 0 Å². The molecule has 1 heterocycles. The van der Waals surface area contributed by atoms with Gasteiger partial charge in [-0.1, -0.05) is 91.0 Å². The predicted molar refractivity (Wildman–Crippen MR) is 152 cm³/mol. The normalized spacial score (nSPS) is 11.1. The smallest absolute Gasteiger partial charge is 0.331 e. The molecule has 0 atom stereocenters. The Morgan fingerprint density at radius 3 is 0.897 bits per heavy atom. The van der Waals surface area contributed by atoms with Crippen LogP contribution in [0.3, 0.4) is 0 Å². The molecule has 6 nitrogen and oxygen atoms in total. The highest BCUT2D eigenvalue weighted by Gasteiger charge is 2.14. The third kappa shape index (κ3) is 4.91. The Labute approximate surface area is 224 Å². The highest BCUT2D eigenvalue weighted by atomic mass is 16.5. The minimum atomic E-state index is 0.0619. The molecular formula is C33H21N3O3. The maximum Gasteiger partial charge on any atom is 0.331 e. The number of hydrogen-bond acceptors (Lipinski definition) is 6. The predicted octanol–water partition coefficient (Wildman–Crippen LogP) is 8.71. The van der Waals surface area contributed by atoms with Crippen LogP contribution in [-0.2, 0) is 0 Å². The molecule has 0 spiro atoms. The summed E-state index contributed by atoms with van der Waals surface area (Å²) < 4.78 is 18.2. The van der Waals surface area contributed by atoms with Crippen LogP contribution in [0.15, 0.2) is 127 Å². The van der Waals surface area contributed by atoms with Crippen molar-refractivity contribution < 1.29 is 14.2 Å². The molecule has 7 rings (SSSR count). The summed E-state index contributed by atoms with van der Waals surface area (Å²) in [7, 11) is 0. The molecule has 0 aliphatic heterocycles. The maximum atomic E-state index is 6.06. The molecule has 0 fully saturated rings. The molecule has 0 unspecified atom stereocenters. The van der Waals surface area contributed by atoms with Gasteiger partial charge in [-0.2, -0.15) is 0 Å². The lowest BCUT2D eigenvalue weighted by molar-refractivity contribution is 0.362. The number of rotatable bonds is 6. The fraction of sp³-hybridized carbons (Fsp3) is 0. The van der Waals surface area contributed by atoms with Gasteiger partial charge in [-0.15, -0.1) is 15.0 Å². The van der Waals surface area contributed by atoms with E-state index in [0.29, 0.717) is 17.2 Å². The Morgan fingerprint density at radius 1 is 0.308 bits per heavy atom. The molecule has 7 aromatic rings. The van der Waals surface area contributed by atoms with Crippen LogP contribution in [0.2, 0.25) is 0 Å². The molecule has 0 saturated carbocycles. The van der Waals surface area contributed by atoms with Crippen molar-refractivity contribution in [2.75, 3.05) is 0 Å². The van der Waals surface area contributed by atoms with Gasteiger partial charge in [0.2, 0.25) is 0 Å². The van der Waals surface area contributed by atoms with Gasteiger partial charge in [0.15, 0.2) is 0 Å². The van der Waals surface area contributed by atoms with Crippen LogP contribution in [0, 0.1) is 0 Å². The Kier molecular flexibility index (Phi) is 5.68. The lowest BCUT2D eigenvalue weighted by Gasteiger charge is -2.11. The Bertz CT molecular complexity index is 1730. The second-order valence-corrected chi connectivity index (χ2v) is 9.02. The first-order valence-electron chi connectivity index (χ1n) is 12.5. The Hall–Kier alpha value is -5.49. The van der Waals surface area contributed by atoms with Gasteiger partial charge in [-0.3, -0.25) is 0 Å². The SMILES string of the molecule is c1ccc2cc(Oc3nc(Oc4ccc5ccccc5c4)nc(Oc4ccc5ccccc5c4)n3)ccc2c1. The van der Waals surface area contributed by atoms with Crippen LogP contribution >= 0.6 is 0 Å². The average molecular weight is 508 g/mol. The van der Waals surface area contributed by atoms with E-state index in [1.54, 1.807) is 0 Å². The van der Waals surface area contributed by atoms with Crippen LogP contribution < -0.4 is 14.2 Å². The van der Waals surface area contributed by atoms with E-state index in [9.17, 15) is 0 Å². The summed E-state index contributed by atoms with van der Waals surface area (Å²) in [6.45, 7) is 0. The summed E-state index contributed by atoms with van der Waals surface area (Å²) in [6, 6.07) is 41.8. The summed E-state index contributed by atoms with van der Waals surface area (Å²) in [5, 5.41) is 6.47. The zero-order chi connectivity index (χ0) is 26.0. The summed E-state index contributed by atoms with van der Waals surface area (Å²) in [5.74, 6) is 1.77. The van der Waals surface area contributed by atoms with Crippen LogP contribution in [0.4, 0.5) is 0 Å². The largest absolute Gasteiger partial charge is 0.424 e. The van der Waals surface area contributed by atoms with Crippen molar-refractivity contribution in [3.05, 3.63) is 127 Å². The third-order valence-corrected chi connectivity index (χ3v) is 6.36. The molecular weight excluding hydrogens is 486 g/mol. The minimum absolute atomic E-state index is 0.0619. The van der Waals surface area contributed by atoms with E-state index >= 15 is 0 Å². The van der Waals surface area contributed by atoms with E-state index in [4.69, 9.17) is 14.2 Å². The third-order valence-electron chi connectivity index (χ3n) is 6.36.